The van der Waals surface area contributed by atoms with E-state index in [0.29, 0.717) is 5.75 Å². The topological polar surface area (TPSA) is 47.6 Å². The first kappa shape index (κ1) is 23.7. The summed E-state index contributed by atoms with van der Waals surface area (Å²) >= 11 is 7.78. The Labute approximate surface area is 203 Å². The number of carbonyl (C=O) groups is 1. The predicted octanol–water partition coefficient (Wildman–Crippen LogP) is 6.78. The van der Waals surface area contributed by atoms with Gasteiger partial charge in [0.15, 0.2) is 0 Å². The molecule has 174 valence electrons. The Hall–Kier alpha value is -2.44. The maximum absolute atomic E-state index is 13.9. The second kappa shape index (κ2) is 9.07. The molecule has 2 aliphatic heterocycles. The van der Waals surface area contributed by atoms with Gasteiger partial charge in [-0.25, -0.2) is 4.39 Å². The molecule has 0 saturated carbocycles. The van der Waals surface area contributed by atoms with Crippen molar-refractivity contribution in [2.75, 3.05) is 12.4 Å². The van der Waals surface area contributed by atoms with Crippen molar-refractivity contribution < 1.29 is 18.7 Å². The number of rotatable bonds is 5. The number of hydrogen-bond acceptors (Lipinski definition) is 5. The summed E-state index contributed by atoms with van der Waals surface area (Å²) in [5, 5.41) is 4.59. The number of esters is 1. The standard InChI is InChI=1S/C26H27ClFNO3S/c1-14-11-26(3,4)29-20-9-8-17(18-7-6-16(28)10-21(18)31-5)19(22(14)20)12-32-25(30)24-23(27)15(2)13-33-24/h6-11,13,23-24,29H,12H2,1-5H3. The summed E-state index contributed by atoms with van der Waals surface area (Å²) in [7, 11) is 1.51. The Kier molecular flexibility index (Phi) is 6.52. The lowest BCUT2D eigenvalue weighted by atomic mass is 9.85. The van der Waals surface area contributed by atoms with E-state index in [9.17, 15) is 9.18 Å². The first-order valence-corrected chi connectivity index (χ1v) is 12.1. The van der Waals surface area contributed by atoms with Crippen LogP contribution in [0, 0.1) is 5.82 Å². The van der Waals surface area contributed by atoms with E-state index in [4.69, 9.17) is 21.1 Å². The van der Waals surface area contributed by atoms with E-state index in [0.717, 1.165) is 39.1 Å². The third kappa shape index (κ3) is 4.64. The second-order valence-electron chi connectivity index (χ2n) is 8.96. The van der Waals surface area contributed by atoms with Crippen LogP contribution in [0.4, 0.5) is 10.1 Å². The molecule has 7 heteroatoms. The molecule has 0 amide bonds. The normalized spacial score (nSPS) is 20.9. The lowest BCUT2D eigenvalue weighted by Gasteiger charge is -2.33. The fraction of sp³-hybridized carbons (Fsp3) is 0.346. The minimum atomic E-state index is -0.469. The van der Waals surface area contributed by atoms with Crippen molar-refractivity contribution in [1.82, 2.24) is 0 Å². The van der Waals surface area contributed by atoms with Crippen LogP contribution in [-0.4, -0.2) is 29.2 Å². The quantitative estimate of drug-likeness (QED) is 0.372. The molecule has 0 fully saturated rings. The first-order chi connectivity index (χ1) is 15.6. The van der Waals surface area contributed by atoms with Gasteiger partial charge in [-0.05, 0) is 68.0 Å². The Balaban J connectivity index is 1.77. The number of nitrogens with one attached hydrogen (secondary N) is 1. The molecule has 2 atom stereocenters. The molecule has 1 N–H and O–H groups in total. The van der Waals surface area contributed by atoms with Crippen molar-refractivity contribution in [3.05, 3.63) is 64.3 Å². The second-order valence-corrected chi connectivity index (χ2v) is 10.4. The van der Waals surface area contributed by atoms with E-state index in [2.05, 4.69) is 25.2 Å². The van der Waals surface area contributed by atoms with Gasteiger partial charge in [-0.15, -0.1) is 23.4 Å². The van der Waals surface area contributed by atoms with Crippen LogP contribution >= 0.6 is 23.4 Å². The van der Waals surface area contributed by atoms with Gasteiger partial charge < -0.3 is 14.8 Å². The highest BCUT2D eigenvalue weighted by atomic mass is 35.5. The van der Waals surface area contributed by atoms with Gasteiger partial charge in [0.05, 0.1) is 18.0 Å². The van der Waals surface area contributed by atoms with Crippen molar-refractivity contribution >= 4 is 40.6 Å². The summed E-state index contributed by atoms with van der Waals surface area (Å²) in [4.78, 5) is 12.9. The molecule has 33 heavy (non-hydrogen) atoms. The number of methoxy groups -OCH3 is 1. The third-order valence-corrected chi connectivity index (χ3v) is 7.90. The lowest BCUT2D eigenvalue weighted by Crippen LogP contribution is -2.32. The molecule has 4 rings (SSSR count). The number of allylic oxidation sites excluding steroid dienone is 2. The molecule has 2 unspecified atom stereocenters. The number of anilines is 1. The number of fused-ring (bicyclic) bond motifs is 1. The zero-order chi connectivity index (χ0) is 23.9. The van der Waals surface area contributed by atoms with Crippen LogP contribution in [0.5, 0.6) is 5.75 Å². The highest BCUT2D eigenvalue weighted by Crippen LogP contribution is 2.43. The van der Waals surface area contributed by atoms with Crippen molar-refractivity contribution in [3.8, 4) is 16.9 Å². The van der Waals surface area contributed by atoms with Gasteiger partial charge in [-0.3, -0.25) is 4.79 Å². The van der Waals surface area contributed by atoms with E-state index in [1.165, 1.54) is 31.0 Å². The summed E-state index contributed by atoms with van der Waals surface area (Å²) in [6, 6.07) is 8.41. The average Bonchev–Trinajstić information content (AvgIpc) is 3.09. The maximum atomic E-state index is 13.9. The van der Waals surface area contributed by atoms with Gasteiger partial charge in [0.1, 0.15) is 23.4 Å². The lowest BCUT2D eigenvalue weighted by molar-refractivity contribution is -0.144. The fourth-order valence-electron chi connectivity index (χ4n) is 4.44. The Bertz CT molecular complexity index is 1170. The van der Waals surface area contributed by atoms with Crippen LogP contribution < -0.4 is 10.1 Å². The molecule has 0 aromatic heterocycles. The maximum Gasteiger partial charge on any atom is 0.321 e. The van der Waals surface area contributed by atoms with Crippen molar-refractivity contribution in [2.45, 2.75) is 50.5 Å². The molecular formula is C26H27ClFNO3S. The zero-order valence-corrected chi connectivity index (χ0v) is 20.9. The minimum Gasteiger partial charge on any atom is -0.496 e. The smallest absolute Gasteiger partial charge is 0.321 e. The van der Waals surface area contributed by atoms with Crippen molar-refractivity contribution in [2.24, 2.45) is 0 Å². The first-order valence-electron chi connectivity index (χ1n) is 10.7. The van der Waals surface area contributed by atoms with Gasteiger partial charge in [0.2, 0.25) is 0 Å². The minimum absolute atomic E-state index is 0.0604. The predicted molar refractivity (Wildman–Crippen MR) is 134 cm³/mol. The number of hydrogen-bond donors (Lipinski definition) is 1. The summed E-state index contributed by atoms with van der Waals surface area (Å²) in [6.45, 7) is 8.22. The van der Waals surface area contributed by atoms with E-state index < -0.39 is 5.25 Å². The van der Waals surface area contributed by atoms with Gasteiger partial charge >= 0.3 is 5.97 Å². The molecule has 2 aromatic carbocycles. The SMILES string of the molecule is COc1cc(F)ccc1-c1ccc2c(c1COC(=O)C1SC=C(C)C1Cl)C(C)=CC(C)(C)N2. The molecule has 0 aliphatic carbocycles. The molecule has 2 heterocycles. The van der Waals surface area contributed by atoms with Crippen molar-refractivity contribution in [1.29, 1.82) is 0 Å². The highest BCUT2D eigenvalue weighted by Gasteiger charge is 2.34. The van der Waals surface area contributed by atoms with E-state index >= 15 is 0 Å². The Morgan fingerprint density at radius 1 is 1.21 bits per heavy atom. The van der Waals surface area contributed by atoms with Crippen LogP contribution in [0.25, 0.3) is 16.7 Å². The molecule has 0 bridgehead atoms. The van der Waals surface area contributed by atoms with Crippen LogP contribution in [0.3, 0.4) is 0 Å². The summed E-state index contributed by atoms with van der Waals surface area (Å²) < 4.78 is 25.2. The van der Waals surface area contributed by atoms with Gasteiger partial charge in [-0.1, -0.05) is 12.1 Å². The third-order valence-electron chi connectivity index (χ3n) is 5.89. The Morgan fingerprint density at radius 3 is 2.61 bits per heavy atom. The summed E-state index contributed by atoms with van der Waals surface area (Å²) in [5.74, 6) is -0.316. The van der Waals surface area contributed by atoms with E-state index in [-0.39, 0.29) is 29.3 Å². The van der Waals surface area contributed by atoms with Gasteiger partial charge in [0, 0.05) is 28.4 Å². The molecule has 0 radical (unpaired) electrons. The highest BCUT2D eigenvalue weighted by molar-refractivity contribution is 8.03. The molecule has 4 nitrogen and oxygen atoms in total. The molecule has 2 aromatic rings. The summed E-state index contributed by atoms with van der Waals surface area (Å²) in [6.07, 6.45) is 2.15. The Morgan fingerprint density at radius 2 is 1.94 bits per heavy atom. The van der Waals surface area contributed by atoms with Crippen LogP contribution in [-0.2, 0) is 16.1 Å². The monoisotopic (exact) mass is 487 g/mol. The molecular weight excluding hydrogens is 461 g/mol. The number of carbonyl (C=O) groups excluding carboxylic acids is 1. The molecule has 0 spiro atoms. The van der Waals surface area contributed by atoms with Gasteiger partial charge in [0.25, 0.3) is 0 Å². The van der Waals surface area contributed by atoms with Gasteiger partial charge in [-0.2, -0.15) is 0 Å². The van der Waals surface area contributed by atoms with E-state index in [1.807, 2.05) is 31.4 Å². The number of ether oxygens (including phenoxy) is 2. The molecule has 0 saturated heterocycles. The van der Waals surface area contributed by atoms with Crippen LogP contribution in [0.2, 0.25) is 0 Å². The van der Waals surface area contributed by atoms with Crippen LogP contribution in [0.1, 0.15) is 38.8 Å². The number of benzene rings is 2. The number of thioether (sulfide) groups is 1. The average molecular weight is 488 g/mol. The zero-order valence-electron chi connectivity index (χ0n) is 19.3. The van der Waals surface area contributed by atoms with Crippen LogP contribution in [0.15, 0.2) is 47.4 Å². The van der Waals surface area contributed by atoms with Crippen molar-refractivity contribution in [3.63, 3.8) is 0 Å². The number of halogens is 2. The summed E-state index contributed by atoms with van der Waals surface area (Å²) in [5.41, 5.74) is 6.14. The van der Waals surface area contributed by atoms with E-state index in [1.54, 1.807) is 6.07 Å². The number of alkyl halides is 1. The fourth-order valence-corrected chi connectivity index (χ4v) is 5.90. The molecule has 2 aliphatic rings. The largest absolute Gasteiger partial charge is 0.496 e.